The Hall–Kier alpha value is -1.57. The van der Waals surface area contributed by atoms with E-state index in [0.29, 0.717) is 11.2 Å². The average molecular weight is 380 g/mol. The molecule has 1 aliphatic heterocycles. The first kappa shape index (κ1) is 19.7. The molecule has 1 heterocycles. The molecule has 4 aliphatic rings. The van der Waals surface area contributed by atoms with Crippen molar-refractivity contribution in [1.82, 2.24) is 5.32 Å². The predicted octanol–water partition coefficient (Wildman–Crippen LogP) is 6.44. The summed E-state index contributed by atoms with van der Waals surface area (Å²) >= 11 is 0. The summed E-state index contributed by atoms with van der Waals surface area (Å²) in [5.41, 5.74) is 4.07. The van der Waals surface area contributed by atoms with E-state index in [-0.39, 0.29) is 11.0 Å². The number of ketones is 1. The summed E-state index contributed by atoms with van der Waals surface area (Å²) in [4.78, 5) is 13.5. The Morgan fingerprint density at radius 3 is 2.39 bits per heavy atom. The van der Waals surface area contributed by atoms with E-state index in [1.165, 1.54) is 56.1 Å². The van der Waals surface area contributed by atoms with Gasteiger partial charge in [-0.15, -0.1) is 0 Å². The molecule has 5 rings (SSSR count). The quantitative estimate of drug-likeness (QED) is 0.455. The lowest BCUT2D eigenvalue weighted by molar-refractivity contribution is -0.133. The van der Waals surface area contributed by atoms with Gasteiger partial charge in [0, 0.05) is 28.3 Å². The Bertz CT molecular complexity index is 748. The summed E-state index contributed by atoms with van der Waals surface area (Å²) in [6.45, 7) is 6.74. The third-order valence-corrected chi connectivity index (χ3v) is 7.92. The maximum atomic E-state index is 13.5. The second kappa shape index (κ2) is 7.35. The molecule has 0 spiro atoms. The molecule has 2 nitrogen and oxygen atoms in total. The first-order chi connectivity index (χ1) is 13.4. The molecule has 152 valence electrons. The molecule has 1 aromatic carbocycles. The lowest BCUT2D eigenvalue weighted by Gasteiger charge is -2.53. The Balaban J connectivity index is 1.52. The van der Waals surface area contributed by atoms with Gasteiger partial charge in [-0.05, 0) is 76.2 Å². The molecule has 2 bridgehead atoms. The maximum absolute atomic E-state index is 13.5. The molecule has 0 atom stereocenters. The summed E-state index contributed by atoms with van der Waals surface area (Å²) in [5, 5.41) is 3.66. The van der Waals surface area contributed by atoms with Crippen molar-refractivity contribution < 1.29 is 4.79 Å². The van der Waals surface area contributed by atoms with Crippen molar-refractivity contribution in [2.45, 2.75) is 96.9 Å². The van der Waals surface area contributed by atoms with Gasteiger partial charge in [-0.2, -0.15) is 0 Å². The highest BCUT2D eigenvalue weighted by molar-refractivity contribution is 6.01. The zero-order chi connectivity index (χ0) is 19.8. The van der Waals surface area contributed by atoms with E-state index >= 15 is 0 Å². The lowest BCUT2D eigenvalue weighted by Crippen LogP contribution is -2.47. The normalized spacial score (nSPS) is 32.0. The van der Waals surface area contributed by atoms with E-state index in [0.717, 1.165) is 31.4 Å². The van der Waals surface area contributed by atoms with Crippen molar-refractivity contribution >= 4 is 11.5 Å². The van der Waals surface area contributed by atoms with Gasteiger partial charge in [0.15, 0.2) is 5.78 Å². The van der Waals surface area contributed by atoms with Crippen LogP contribution in [0.3, 0.4) is 0 Å². The molecule has 3 fully saturated rings. The second-order valence-corrected chi connectivity index (χ2v) is 10.5. The topological polar surface area (TPSA) is 29.1 Å². The molecule has 1 aromatic rings. The highest BCUT2D eigenvalue weighted by Gasteiger charge is 2.51. The average Bonchev–Trinajstić information content (AvgIpc) is 2.68. The smallest absolute Gasteiger partial charge is 0.163 e. The Morgan fingerprint density at radius 2 is 1.71 bits per heavy atom. The summed E-state index contributed by atoms with van der Waals surface area (Å²) < 4.78 is 0. The predicted molar refractivity (Wildman–Crippen MR) is 117 cm³/mol. The van der Waals surface area contributed by atoms with Gasteiger partial charge in [0.1, 0.15) is 0 Å². The number of unbranched alkanes of at least 4 members (excludes halogenated alkanes) is 2. The highest BCUT2D eigenvalue weighted by Crippen LogP contribution is 2.59. The third kappa shape index (κ3) is 3.67. The summed E-state index contributed by atoms with van der Waals surface area (Å²) in [6, 6.07) is 8.56. The number of rotatable bonds is 6. The first-order valence-electron chi connectivity index (χ1n) is 11.5. The Labute approximate surface area is 171 Å². The summed E-state index contributed by atoms with van der Waals surface area (Å²) in [7, 11) is 0. The molecular weight excluding hydrogens is 342 g/mol. The van der Waals surface area contributed by atoms with Crippen LogP contribution in [-0.4, -0.2) is 11.3 Å². The van der Waals surface area contributed by atoms with E-state index in [9.17, 15) is 4.79 Å². The molecule has 0 saturated heterocycles. The molecule has 0 unspecified atom stereocenters. The van der Waals surface area contributed by atoms with Crippen LogP contribution in [0.25, 0.3) is 5.70 Å². The fourth-order valence-corrected chi connectivity index (χ4v) is 6.05. The molecule has 1 N–H and O–H groups in total. The van der Waals surface area contributed by atoms with Gasteiger partial charge in [0.05, 0.1) is 0 Å². The largest absolute Gasteiger partial charge is 0.379 e. The highest BCUT2D eigenvalue weighted by atomic mass is 16.1. The van der Waals surface area contributed by atoms with Gasteiger partial charge in [0.2, 0.25) is 0 Å². The van der Waals surface area contributed by atoms with Gasteiger partial charge < -0.3 is 5.32 Å². The van der Waals surface area contributed by atoms with Crippen LogP contribution in [0.1, 0.15) is 96.1 Å². The number of nitrogens with one attached hydrogen (secondary N) is 1. The molecule has 28 heavy (non-hydrogen) atoms. The van der Waals surface area contributed by atoms with E-state index in [1.807, 2.05) is 6.08 Å². The zero-order valence-corrected chi connectivity index (χ0v) is 18.1. The Morgan fingerprint density at radius 1 is 1.04 bits per heavy atom. The minimum Gasteiger partial charge on any atom is -0.379 e. The number of hydrogen-bond acceptors (Lipinski definition) is 2. The standard InChI is InChI=1S/C26H37NO/c1-4-5-8-11-25-12-15-26(16-13-25,17-14-25)23(28)18-22-21-10-7-6-9-20(21)19-24(2,3)27-22/h6-7,9-10,18,27H,4-5,8,11-17,19H2,1-3H3. The van der Waals surface area contributed by atoms with E-state index in [1.54, 1.807) is 0 Å². The number of allylic oxidation sites excluding steroid dienone is 1. The van der Waals surface area contributed by atoms with Crippen LogP contribution in [0.4, 0.5) is 0 Å². The van der Waals surface area contributed by atoms with Crippen molar-refractivity contribution in [2.75, 3.05) is 0 Å². The molecule has 0 amide bonds. The van der Waals surface area contributed by atoms with Gasteiger partial charge >= 0.3 is 0 Å². The van der Waals surface area contributed by atoms with Gasteiger partial charge in [-0.3, -0.25) is 4.79 Å². The van der Waals surface area contributed by atoms with Crippen molar-refractivity contribution in [2.24, 2.45) is 10.8 Å². The van der Waals surface area contributed by atoms with Crippen molar-refractivity contribution in [3.63, 3.8) is 0 Å². The fraction of sp³-hybridized carbons (Fsp3) is 0.654. The van der Waals surface area contributed by atoms with E-state index in [2.05, 4.69) is 50.4 Å². The van der Waals surface area contributed by atoms with E-state index < -0.39 is 0 Å². The monoisotopic (exact) mass is 379 g/mol. The zero-order valence-electron chi connectivity index (χ0n) is 18.1. The molecule has 0 radical (unpaired) electrons. The molecule has 3 aliphatic carbocycles. The number of hydrogen-bond donors (Lipinski definition) is 1. The van der Waals surface area contributed by atoms with Crippen molar-refractivity contribution in [3.05, 3.63) is 41.5 Å². The van der Waals surface area contributed by atoms with Gasteiger partial charge in [-0.25, -0.2) is 0 Å². The van der Waals surface area contributed by atoms with Crippen LogP contribution in [-0.2, 0) is 11.2 Å². The first-order valence-corrected chi connectivity index (χ1v) is 11.5. The van der Waals surface area contributed by atoms with Gasteiger partial charge in [-0.1, -0.05) is 50.5 Å². The molecule has 3 saturated carbocycles. The minimum atomic E-state index is -0.0856. The number of benzene rings is 1. The van der Waals surface area contributed by atoms with Crippen LogP contribution < -0.4 is 5.32 Å². The third-order valence-electron chi connectivity index (χ3n) is 7.92. The fourth-order valence-electron chi connectivity index (χ4n) is 6.05. The van der Waals surface area contributed by atoms with Crippen LogP contribution in [0.2, 0.25) is 0 Å². The number of carbonyl (C=O) groups is 1. The van der Waals surface area contributed by atoms with E-state index in [4.69, 9.17) is 0 Å². The molecular formula is C26H37NO. The number of fused-ring (bicyclic) bond motifs is 4. The molecule has 2 heteroatoms. The minimum absolute atomic E-state index is 0.00824. The van der Waals surface area contributed by atoms with Crippen LogP contribution in [0.5, 0.6) is 0 Å². The lowest BCUT2D eigenvalue weighted by atomic mass is 9.51. The van der Waals surface area contributed by atoms with Crippen molar-refractivity contribution in [1.29, 1.82) is 0 Å². The molecule has 0 aromatic heterocycles. The number of carbonyl (C=O) groups excluding carboxylic acids is 1. The van der Waals surface area contributed by atoms with Crippen LogP contribution in [0, 0.1) is 10.8 Å². The Kier molecular flexibility index (Phi) is 5.18. The second-order valence-electron chi connectivity index (χ2n) is 10.5. The van der Waals surface area contributed by atoms with Crippen LogP contribution in [0.15, 0.2) is 30.3 Å². The van der Waals surface area contributed by atoms with Crippen LogP contribution >= 0.6 is 0 Å². The maximum Gasteiger partial charge on any atom is 0.163 e. The summed E-state index contributed by atoms with van der Waals surface area (Å²) in [5.74, 6) is 0.379. The summed E-state index contributed by atoms with van der Waals surface area (Å²) in [6.07, 6.45) is 15.5. The van der Waals surface area contributed by atoms with Crippen molar-refractivity contribution in [3.8, 4) is 0 Å². The SMILES string of the molecule is CCCCCC12CCC(C(=O)C=C3NC(C)(C)Cc4ccccc43)(CC1)CC2. The van der Waals surface area contributed by atoms with Gasteiger partial charge in [0.25, 0.3) is 0 Å².